The van der Waals surface area contributed by atoms with Gasteiger partial charge in [-0.2, -0.15) is 10.2 Å². The Labute approximate surface area is 126 Å². The van der Waals surface area contributed by atoms with Crippen molar-refractivity contribution in [1.29, 1.82) is 5.26 Å². The lowest BCUT2D eigenvalue weighted by Gasteiger charge is -2.30. The predicted octanol–water partition coefficient (Wildman–Crippen LogP) is 2.45. The number of ether oxygens (including phenoxy) is 1. The normalized spacial score (nSPS) is 19.5. The fraction of sp³-hybridized carbons (Fsp3) is 0.500. The zero-order chi connectivity index (χ0) is 14.7. The first-order chi connectivity index (χ1) is 10.3. The third-order valence-corrected chi connectivity index (χ3v) is 4.30. The van der Waals surface area contributed by atoms with Crippen molar-refractivity contribution in [2.45, 2.75) is 19.4 Å². The lowest BCUT2D eigenvalue weighted by atomic mass is 10.2. The minimum Gasteiger partial charge on any atom is -0.367 e. The molecular weight excluding hydrogens is 288 g/mol. The van der Waals surface area contributed by atoms with Crippen LogP contribution < -0.4 is 0 Å². The van der Waals surface area contributed by atoms with Crippen molar-refractivity contribution in [2.24, 2.45) is 0 Å². The molecule has 1 aliphatic rings. The van der Waals surface area contributed by atoms with Gasteiger partial charge in [0, 0.05) is 13.1 Å². The van der Waals surface area contributed by atoms with Gasteiger partial charge >= 0.3 is 0 Å². The van der Waals surface area contributed by atoms with E-state index < -0.39 is 0 Å². The molecule has 0 saturated carbocycles. The van der Waals surface area contributed by atoms with Crippen molar-refractivity contribution in [1.82, 2.24) is 15.0 Å². The quantitative estimate of drug-likeness (QED) is 0.863. The van der Waals surface area contributed by atoms with Crippen molar-refractivity contribution in [3.05, 3.63) is 22.8 Å². The lowest BCUT2D eigenvalue weighted by Crippen LogP contribution is -2.39. The summed E-state index contributed by atoms with van der Waals surface area (Å²) in [6.07, 6.45) is 0.957. The number of rotatable bonds is 4. The molecule has 3 heterocycles. The van der Waals surface area contributed by atoms with E-state index in [1.54, 1.807) is 6.07 Å². The molecule has 0 bridgehead atoms. The molecule has 0 amide bonds. The maximum atomic E-state index is 9.05. The van der Waals surface area contributed by atoms with Crippen LogP contribution in [-0.4, -0.2) is 41.3 Å². The average Bonchev–Trinajstić information content (AvgIpc) is 3.16. The second kappa shape index (κ2) is 6.35. The molecule has 1 fully saturated rings. The van der Waals surface area contributed by atoms with Gasteiger partial charge in [-0.3, -0.25) is 4.90 Å². The summed E-state index contributed by atoms with van der Waals surface area (Å²) in [7, 11) is 0. The monoisotopic (exact) mass is 304 g/mol. The molecule has 1 saturated heterocycles. The van der Waals surface area contributed by atoms with Gasteiger partial charge < -0.3 is 9.26 Å². The number of hydrogen-bond donors (Lipinski definition) is 0. The van der Waals surface area contributed by atoms with Gasteiger partial charge in [0.25, 0.3) is 5.89 Å². The van der Waals surface area contributed by atoms with Crippen LogP contribution in [0, 0.1) is 11.3 Å². The number of hydrogen-bond acceptors (Lipinski definition) is 7. The summed E-state index contributed by atoms with van der Waals surface area (Å²) in [4.78, 5) is 7.47. The van der Waals surface area contributed by atoms with Crippen LogP contribution in [0.2, 0.25) is 0 Å². The third kappa shape index (κ3) is 2.97. The van der Waals surface area contributed by atoms with Crippen molar-refractivity contribution >= 4 is 11.3 Å². The molecule has 1 atom stereocenters. The van der Waals surface area contributed by atoms with Crippen LogP contribution >= 0.6 is 11.3 Å². The summed E-state index contributed by atoms with van der Waals surface area (Å²) >= 11 is 1.43. The smallest absolute Gasteiger partial charge is 0.269 e. The van der Waals surface area contributed by atoms with E-state index in [0.717, 1.165) is 30.9 Å². The Balaban J connectivity index is 1.77. The Morgan fingerprint density at radius 3 is 3.29 bits per heavy atom. The summed E-state index contributed by atoms with van der Waals surface area (Å²) in [5.41, 5.74) is 0.562. The molecule has 0 spiro atoms. The minimum atomic E-state index is -0.159. The third-order valence-electron chi connectivity index (χ3n) is 3.40. The molecule has 110 valence electrons. The van der Waals surface area contributed by atoms with E-state index in [2.05, 4.69) is 28.0 Å². The second-order valence-electron chi connectivity index (χ2n) is 4.89. The van der Waals surface area contributed by atoms with E-state index in [1.165, 1.54) is 11.3 Å². The molecule has 0 aromatic carbocycles. The van der Waals surface area contributed by atoms with Gasteiger partial charge in [0.2, 0.25) is 5.82 Å². The Hall–Kier alpha value is -1.75. The first kappa shape index (κ1) is 14.2. The van der Waals surface area contributed by atoms with Crippen molar-refractivity contribution in [3.63, 3.8) is 0 Å². The molecular formula is C14H16N4O2S. The SMILES string of the molecule is CCCN1CCOC(c2noc(-c3sccc3C#N)n2)C1. The highest BCUT2D eigenvalue weighted by Crippen LogP contribution is 2.29. The van der Waals surface area contributed by atoms with Gasteiger partial charge in [0.1, 0.15) is 17.1 Å². The van der Waals surface area contributed by atoms with Crippen molar-refractivity contribution in [3.8, 4) is 16.8 Å². The summed E-state index contributed by atoms with van der Waals surface area (Å²) in [5, 5.41) is 14.9. The molecule has 0 radical (unpaired) electrons. The standard InChI is InChI=1S/C14H16N4O2S/c1-2-4-18-5-6-19-11(9-18)13-16-14(20-17-13)12-10(8-15)3-7-21-12/h3,7,11H,2,4-6,9H2,1H3. The molecule has 0 aliphatic carbocycles. The molecule has 1 aliphatic heterocycles. The highest BCUT2D eigenvalue weighted by atomic mass is 32.1. The molecule has 2 aromatic rings. The second-order valence-corrected chi connectivity index (χ2v) is 5.81. The molecule has 21 heavy (non-hydrogen) atoms. The van der Waals surface area contributed by atoms with Crippen LogP contribution in [0.1, 0.15) is 30.8 Å². The Morgan fingerprint density at radius 1 is 1.57 bits per heavy atom. The fourth-order valence-electron chi connectivity index (χ4n) is 2.40. The van der Waals surface area contributed by atoms with E-state index >= 15 is 0 Å². The van der Waals surface area contributed by atoms with E-state index in [0.29, 0.717) is 23.9 Å². The first-order valence-corrected chi connectivity index (χ1v) is 7.85. The summed E-state index contributed by atoms with van der Waals surface area (Å²) in [5.74, 6) is 0.954. The van der Waals surface area contributed by atoms with Crippen LogP contribution in [0.3, 0.4) is 0 Å². The van der Waals surface area contributed by atoms with Crippen LogP contribution in [0.25, 0.3) is 10.8 Å². The predicted molar refractivity (Wildman–Crippen MR) is 77.8 cm³/mol. The van der Waals surface area contributed by atoms with Crippen LogP contribution in [0.15, 0.2) is 16.0 Å². The van der Waals surface area contributed by atoms with E-state index in [4.69, 9.17) is 14.5 Å². The molecule has 6 nitrogen and oxygen atoms in total. The Morgan fingerprint density at radius 2 is 2.48 bits per heavy atom. The van der Waals surface area contributed by atoms with Crippen molar-refractivity contribution < 1.29 is 9.26 Å². The molecule has 3 rings (SSSR count). The number of thiophene rings is 1. The average molecular weight is 304 g/mol. The Bertz CT molecular complexity index is 643. The summed E-state index contributed by atoms with van der Waals surface area (Å²) < 4.78 is 11.0. The summed E-state index contributed by atoms with van der Waals surface area (Å²) in [6.45, 7) is 5.61. The van der Waals surface area contributed by atoms with Crippen LogP contribution in [0.5, 0.6) is 0 Å². The van der Waals surface area contributed by atoms with Crippen LogP contribution in [-0.2, 0) is 4.74 Å². The van der Waals surface area contributed by atoms with Gasteiger partial charge in [0.15, 0.2) is 0 Å². The highest BCUT2D eigenvalue weighted by molar-refractivity contribution is 7.13. The van der Waals surface area contributed by atoms with Gasteiger partial charge in [-0.25, -0.2) is 0 Å². The highest BCUT2D eigenvalue weighted by Gasteiger charge is 2.26. The largest absolute Gasteiger partial charge is 0.367 e. The lowest BCUT2D eigenvalue weighted by molar-refractivity contribution is -0.0350. The molecule has 7 heteroatoms. The maximum absolute atomic E-state index is 9.05. The number of nitrogens with zero attached hydrogens (tertiary/aromatic N) is 4. The minimum absolute atomic E-state index is 0.159. The van der Waals surface area contributed by atoms with Gasteiger partial charge in [-0.15, -0.1) is 11.3 Å². The van der Waals surface area contributed by atoms with Gasteiger partial charge in [-0.1, -0.05) is 12.1 Å². The van der Waals surface area contributed by atoms with E-state index in [9.17, 15) is 0 Å². The first-order valence-electron chi connectivity index (χ1n) is 6.97. The van der Waals surface area contributed by atoms with E-state index in [1.807, 2.05) is 5.38 Å². The Kier molecular flexibility index (Phi) is 4.29. The van der Waals surface area contributed by atoms with Crippen molar-refractivity contribution in [2.75, 3.05) is 26.2 Å². The number of aromatic nitrogens is 2. The zero-order valence-electron chi connectivity index (χ0n) is 11.8. The van der Waals surface area contributed by atoms with Gasteiger partial charge in [-0.05, 0) is 24.4 Å². The van der Waals surface area contributed by atoms with E-state index in [-0.39, 0.29) is 6.10 Å². The topological polar surface area (TPSA) is 75.2 Å². The zero-order valence-corrected chi connectivity index (χ0v) is 12.6. The number of morpholine rings is 1. The molecule has 2 aromatic heterocycles. The summed E-state index contributed by atoms with van der Waals surface area (Å²) in [6, 6.07) is 3.88. The fourth-order valence-corrected chi connectivity index (χ4v) is 3.16. The molecule has 0 N–H and O–H groups in total. The molecule has 1 unspecified atom stereocenters. The number of nitriles is 1. The van der Waals surface area contributed by atoms with Crippen LogP contribution in [0.4, 0.5) is 0 Å². The maximum Gasteiger partial charge on any atom is 0.269 e. The van der Waals surface area contributed by atoms with Gasteiger partial charge in [0.05, 0.1) is 12.2 Å².